The van der Waals surface area contributed by atoms with Crippen LogP contribution >= 0.6 is 0 Å². The van der Waals surface area contributed by atoms with Crippen molar-refractivity contribution < 1.29 is 76.4 Å². The molecule has 6 aromatic heterocycles. The number of ether oxygens (including phenoxy) is 5. The standard InChI is InChI=1S/2C16H14F4N4O2.C15H12F4N4O/c1-9(17)15-22-21-14-6-4-12(23-24(14)15)10-3-5-13(26-16(18,19)20)11(7-10)8-25-2;1-9(17)15-22-21-14-6-5-13(23-24(14)15)12-4-3-11(26-16(18,19)20)7-10(12)8-25-2;1-8-7-10(24-15(17,18)19)3-4-11(8)12-5-6-13-20-21-14(9(2)16)23(13)22-12/h2*3-7,9H,8H2,1-2H3;3-7,9H,1-2H3. The summed E-state index contributed by atoms with van der Waals surface area (Å²) in [4.78, 5) is 0. The zero-order valence-corrected chi connectivity index (χ0v) is 40.2. The molecule has 17 nitrogen and oxygen atoms in total. The number of rotatable bonds is 13. The number of halogens is 12. The van der Waals surface area contributed by atoms with E-state index in [4.69, 9.17) is 9.47 Å². The second kappa shape index (κ2) is 22.7. The van der Waals surface area contributed by atoms with Crippen molar-refractivity contribution in [3.63, 3.8) is 0 Å². The molecule has 9 rings (SSSR count). The lowest BCUT2D eigenvalue weighted by Gasteiger charge is -2.14. The SMILES string of the molecule is COCc1cc(-c2ccc3nnc(C(C)F)n3n2)ccc1OC(F)(F)F.COCc1cc(OC(F)(F)F)ccc1-c1ccc2nnc(C(C)F)n2n1.Cc1cc(OC(F)(F)F)ccc1-c1ccc2nnc(C(C)F)n2n1. The summed E-state index contributed by atoms with van der Waals surface area (Å²) in [5.41, 5.74) is 5.18. The van der Waals surface area contributed by atoms with Gasteiger partial charge in [-0.15, -0.1) is 70.1 Å². The summed E-state index contributed by atoms with van der Waals surface area (Å²) in [6.45, 7) is 5.53. The molecule has 402 valence electrons. The molecule has 0 N–H and O–H groups in total. The average molecular weight is 1080 g/mol. The molecule has 29 heteroatoms. The van der Waals surface area contributed by atoms with Gasteiger partial charge in [0.05, 0.1) is 30.3 Å². The van der Waals surface area contributed by atoms with Crippen molar-refractivity contribution in [3.05, 3.63) is 125 Å². The van der Waals surface area contributed by atoms with E-state index in [1.807, 2.05) is 0 Å². The average Bonchev–Trinajstić information content (AvgIpc) is 4.08. The zero-order valence-electron chi connectivity index (χ0n) is 40.2. The maximum absolute atomic E-state index is 13.6. The van der Waals surface area contributed by atoms with Gasteiger partial charge in [-0.3, -0.25) is 0 Å². The van der Waals surface area contributed by atoms with Gasteiger partial charge in [-0.1, -0.05) is 0 Å². The molecule has 0 spiro atoms. The van der Waals surface area contributed by atoms with Crippen LogP contribution < -0.4 is 14.2 Å². The van der Waals surface area contributed by atoms with Crippen LogP contribution in [0.1, 0.15) is 73.4 Å². The summed E-state index contributed by atoms with van der Waals surface area (Å²) in [5, 5.41) is 35.6. The fourth-order valence-electron chi connectivity index (χ4n) is 7.25. The first kappa shape index (κ1) is 55.5. The summed E-state index contributed by atoms with van der Waals surface area (Å²) >= 11 is 0. The van der Waals surface area contributed by atoms with Gasteiger partial charge in [0.25, 0.3) is 0 Å². The lowest BCUT2D eigenvalue weighted by Crippen LogP contribution is -2.18. The minimum atomic E-state index is -4.81. The summed E-state index contributed by atoms with van der Waals surface area (Å²) < 4.78 is 178. The number of hydrogen-bond donors (Lipinski definition) is 0. The summed E-state index contributed by atoms with van der Waals surface area (Å²) in [6.07, 6.45) is -18.5. The molecular weight excluding hydrogens is 1040 g/mol. The Balaban J connectivity index is 0.000000166. The van der Waals surface area contributed by atoms with E-state index < -0.39 is 37.6 Å². The fourth-order valence-corrected chi connectivity index (χ4v) is 7.25. The van der Waals surface area contributed by atoms with Crippen molar-refractivity contribution in [2.45, 2.75) is 78.5 Å². The highest BCUT2D eigenvalue weighted by Crippen LogP contribution is 2.34. The van der Waals surface area contributed by atoms with Gasteiger partial charge in [0.2, 0.25) is 0 Å². The quantitative estimate of drug-likeness (QED) is 0.0997. The highest BCUT2D eigenvalue weighted by atomic mass is 19.4. The molecule has 0 saturated carbocycles. The van der Waals surface area contributed by atoms with E-state index in [0.717, 1.165) is 0 Å². The van der Waals surface area contributed by atoms with Crippen molar-refractivity contribution in [1.82, 2.24) is 59.4 Å². The van der Waals surface area contributed by atoms with Gasteiger partial charge >= 0.3 is 19.1 Å². The number of aryl methyl sites for hydroxylation is 1. The lowest BCUT2D eigenvalue weighted by molar-refractivity contribution is -0.276. The highest BCUT2D eigenvalue weighted by Gasteiger charge is 2.34. The third-order valence-electron chi connectivity index (χ3n) is 10.4. The molecule has 6 heterocycles. The number of hydrogen-bond acceptors (Lipinski definition) is 14. The third-order valence-corrected chi connectivity index (χ3v) is 10.4. The maximum Gasteiger partial charge on any atom is 0.573 e. The van der Waals surface area contributed by atoms with E-state index >= 15 is 0 Å². The van der Waals surface area contributed by atoms with Crippen LogP contribution in [0.3, 0.4) is 0 Å². The Labute approximate surface area is 421 Å². The molecule has 0 saturated heterocycles. The number of aromatic nitrogens is 12. The monoisotopic (exact) mass is 1080 g/mol. The molecule has 3 aromatic carbocycles. The number of alkyl halides is 12. The predicted molar refractivity (Wildman–Crippen MR) is 243 cm³/mol. The fraction of sp³-hybridized carbons (Fsp3) is 0.298. The van der Waals surface area contributed by atoms with E-state index in [-0.39, 0.29) is 53.5 Å². The van der Waals surface area contributed by atoms with Crippen LogP contribution in [-0.2, 0) is 22.7 Å². The summed E-state index contributed by atoms with van der Waals surface area (Å²) in [5.74, 6) is -0.903. The van der Waals surface area contributed by atoms with Gasteiger partial charge in [-0.05, 0) is 130 Å². The molecule has 0 fully saturated rings. The summed E-state index contributed by atoms with van der Waals surface area (Å²) in [6, 6.07) is 21.5. The van der Waals surface area contributed by atoms with E-state index in [1.165, 1.54) is 103 Å². The molecule has 0 aliphatic carbocycles. The first-order chi connectivity index (χ1) is 35.8. The van der Waals surface area contributed by atoms with Crippen LogP contribution in [0, 0.1) is 6.92 Å². The smallest absolute Gasteiger partial charge is 0.406 e. The number of nitrogens with zero attached hydrogens (tertiary/aromatic N) is 12. The highest BCUT2D eigenvalue weighted by molar-refractivity contribution is 5.67. The first-order valence-electron chi connectivity index (χ1n) is 22.0. The predicted octanol–water partition coefficient (Wildman–Crippen LogP) is 11.8. The van der Waals surface area contributed by atoms with Crippen molar-refractivity contribution >= 4 is 16.9 Å². The normalized spacial score (nSPS) is 13.2. The topological polar surface area (TPSA) is 175 Å². The van der Waals surface area contributed by atoms with Crippen molar-refractivity contribution in [3.8, 4) is 51.0 Å². The molecule has 76 heavy (non-hydrogen) atoms. The van der Waals surface area contributed by atoms with E-state index in [2.05, 4.69) is 60.1 Å². The Bertz CT molecular complexity index is 3450. The molecule has 0 aliphatic heterocycles. The molecule has 0 aliphatic rings. The van der Waals surface area contributed by atoms with Crippen LogP contribution in [0.25, 0.3) is 50.7 Å². The van der Waals surface area contributed by atoms with Crippen LogP contribution in [0.2, 0.25) is 0 Å². The number of fused-ring (bicyclic) bond motifs is 3. The summed E-state index contributed by atoms with van der Waals surface area (Å²) in [7, 11) is 2.78. The third kappa shape index (κ3) is 13.7. The van der Waals surface area contributed by atoms with Crippen LogP contribution in [0.15, 0.2) is 91.0 Å². The molecule has 3 unspecified atom stereocenters. The van der Waals surface area contributed by atoms with E-state index in [1.54, 1.807) is 43.3 Å². The van der Waals surface area contributed by atoms with E-state index in [0.29, 0.717) is 61.8 Å². The first-order valence-corrected chi connectivity index (χ1v) is 22.0. The second-order valence-electron chi connectivity index (χ2n) is 16.1. The Morgan fingerprint density at radius 2 is 0.855 bits per heavy atom. The maximum atomic E-state index is 13.6. The minimum Gasteiger partial charge on any atom is -0.406 e. The number of benzene rings is 3. The molecule has 0 amide bonds. The van der Waals surface area contributed by atoms with E-state index in [9.17, 15) is 52.7 Å². The molecule has 3 atom stereocenters. The molecule has 0 radical (unpaired) electrons. The Kier molecular flexibility index (Phi) is 16.6. The largest absolute Gasteiger partial charge is 0.573 e. The van der Waals surface area contributed by atoms with Gasteiger partial charge < -0.3 is 23.7 Å². The second-order valence-corrected chi connectivity index (χ2v) is 16.1. The minimum absolute atomic E-state index is 0.0344. The van der Waals surface area contributed by atoms with Gasteiger partial charge in [0.1, 0.15) is 17.2 Å². The zero-order chi connectivity index (χ0) is 55.3. The van der Waals surface area contributed by atoms with Crippen molar-refractivity contribution in [2.75, 3.05) is 14.2 Å². The van der Waals surface area contributed by atoms with Crippen molar-refractivity contribution in [1.29, 1.82) is 0 Å². The van der Waals surface area contributed by atoms with Gasteiger partial charge in [-0.2, -0.15) is 28.8 Å². The molecular formula is C47H40F12N12O5. The van der Waals surface area contributed by atoms with Crippen LogP contribution in [-0.4, -0.2) is 92.7 Å². The molecule has 0 bridgehead atoms. The van der Waals surface area contributed by atoms with Gasteiger partial charge in [0.15, 0.2) is 52.9 Å². The van der Waals surface area contributed by atoms with Gasteiger partial charge in [0, 0.05) is 36.5 Å². The number of methoxy groups -OCH3 is 2. The Morgan fingerprint density at radius 3 is 1.29 bits per heavy atom. The van der Waals surface area contributed by atoms with Gasteiger partial charge in [-0.25, -0.2) is 13.2 Å². The lowest BCUT2D eigenvalue weighted by atomic mass is 10.0. The molecule has 9 aromatic rings. The Hall–Kier alpha value is -8.21. The van der Waals surface area contributed by atoms with Crippen LogP contribution in [0.5, 0.6) is 17.2 Å². The Morgan fingerprint density at radius 1 is 0.447 bits per heavy atom. The van der Waals surface area contributed by atoms with Crippen molar-refractivity contribution in [2.24, 2.45) is 0 Å². The van der Waals surface area contributed by atoms with Crippen LogP contribution in [0.4, 0.5) is 52.7 Å².